The molecule has 122 valence electrons. The standard InChI is InChI=1S/C18H20F2N2O/c1-23-15-7-8-16(13-5-6-13)14(10-15)11-21-12-18(19,20)17-4-2-3-9-22-17/h2-4,7-10,13,21H,5-6,11-12H2,1H3. The number of methoxy groups -OCH3 is 1. The van der Waals surface area contributed by atoms with Gasteiger partial charge in [-0.25, -0.2) is 0 Å². The van der Waals surface area contributed by atoms with Crippen LogP contribution in [-0.4, -0.2) is 18.6 Å². The molecule has 1 heterocycles. The lowest BCUT2D eigenvalue weighted by molar-refractivity contribution is -0.00787. The summed E-state index contributed by atoms with van der Waals surface area (Å²) >= 11 is 0. The molecule has 1 fully saturated rings. The molecule has 5 heteroatoms. The van der Waals surface area contributed by atoms with Crippen molar-refractivity contribution in [3.8, 4) is 5.75 Å². The number of hydrogen-bond acceptors (Lipinski definition) is 3. The Morgan fingerprint density at radius 2 is 2.09 bits per heavy atom. The molecule has 0 saturated heterocycles. The largest absolute Gasteiger partial charge is 0.497 e. The van der Waals surface area contributed by atoms with Gasteiger partial charge in [0.15, 0.2) is 0 Å². The number of benzene rings is 1. The monoisotopic (exact) mass is 318 g/mol. The number of ether oxygens (including phenoxy) is 1. The molecule has 0 amide bonds. The molecular formula is C18H20F2N2O. The molecule has 0 spiro atoms. The minimum atomic E-state index is -2.99. The molecular weight excluding hydrogens is 298 g/mol. The van der Waals surface area contributed by atoms with Gasteiger partial charge in [-0.1, -0.05) is 12.1 Å². The molecule has 1 aliphatic carbocycles. The van der Waals surface area contributed by atoms with Gasteiger partial charge >= 0.3 is 5.92 Å². The summed E-state index contributed by atoms with van der Waals surface area (Å²) in [6, 6.07) is 10.5. The maximum atomic E-state index is 14.1. The summed E-state index contributed by atoms with van der Waals surface area (Å²) < 4.78 is 33.5. The summed E-state index contributed by atoms with van der Waals surface area (Å²) in [5.74, 6) is -1.67. The van der Waals surface area contributed by atoms with Crippen molar-refractivity contribution >= 4 is 0 Å². The van der Waals surface area contributed by atoms with E-state index in [4.69, 9.17) is 4.74 Å². The van der Waals surface area contributed by atoms with Crippen LogP contribution >= 0.6 is 0 Å². The van der Waals surface area contributed by atoms with Gasteiger partial charge < -0.3 is 10.1 Å². The van der Waals surface area contributed by atoms with Crippen molar-refractivity contribution in [1.82, 2.24) is 10.3 Å². The normalized spacial score (nSPS) is 14.7. The molecule has 1 aromatic carbocycles. The predicted octanol–water partition coefficient (Wildman–Crippen LogP) is 3.85. The first-order valence-electron chi connectivity index (χ1n) is 7.77. The zero-order valence-electron chi connectivity index (χ0n) is 13.1. The first-order valence-corrected chi connectivity index (χ1v) is 7.77. The Labute approximate surface area is 134 Å². The van der Waals surface area contributed by atoms with Crippen LogP contribution in [0.25, 0.3) is 0 Å². The lowest BCUT2D eigenvalue weighted by Crippen LogP contribution is -2.31. The maximum absolute atomic E-state index is 14.1. The highest BCUT2D eigenvalue weighted by Crippen LogP contribution is 2.42. The van der Waals surface area contributed by atoms with E-state index in [0.29, 0.717) is 12.5 Å². The van der Waals surface area contributed by atoms with Gasteiger partial charge in [-0.2, -0.15) is 8.78 Å². The highest BCUT2D eigenvalue weighted by atomic mass is 19.3. The fourth-order valence-electron chi connectivity index (χ4n) is 2.68. The Bertz CT molecular complexity index is 657. The van der Waals surface area contributed by atoms with Crippen molar-refractivity contribution < 1.29 is 13.5 Å². The van der Waals surface area contributed by atoms with Gasteiger partial charge in [0.05, 0.1) is 13.7 Å². The summed E-state index contributed by atoms with van der Waals surface area (Å²) in [4.78, 5) is 3.75. The van der Waals surface area contributed by atoms with Gasteiger partial charge in [-0.15, -0.1) is 0 Å². The van der Waals surface area contributed by atoms with E-state index in [1.165, 1.54) is 30.7 Å². The SMILES string of the molecule is COc1ccc(C2CC2)c(CNCC(F)(F)c2ccccn2)c1. The highest BCUT2D eigenvalue weighted by molar-refractivity contribution is 5.39. The second-order valence-electron chi connectivity index (χ2n) is 5.86. The fraction of sp³-hybridized carbons (Fsp3) is 0.389. The topological polar surface area (TPSA) is 34.1 Å². The van der Waals surface area contributed by atoms with Gasteiger partial charge in [0.2, 0.25) is 0 Å². The van der Waals surface area contributed by atoms with E-state index in [1.54, 1.807) is 19.2 Å². The number of pyridine rings is 1. The zero-order valence-corrected chi connectivity index (χ0v) is 13.1. The number of rotatable bonds is 7. The lowest BCUT2D eigenvalue weighted by Gasteiger charge is -2.17. The van der Waals surface area contributed by atoms with E-state index in [-0.39, 0.29) is 5.69 Å². The summed E-state index contributed by atoms with van der Waals surface area (Å²) in [7, 11) is 1.61. The Morgan fingerprint density at radius 1 is 1.26 bits per heavy atom. The Balaban J connectivity index is 1.66. The molecule has 1 saturated carbocycles. The summed E-state index contributed by atoms with van der Waals surface area (Å²) in [5, 5.41) is 2.87. The molecule has 1 aromatic heterocycles. The average molecular weight is 318 g/mol. The summed E-state index contributed by atoms with van der Waals surface area (Å²) in [5.41, 5.74) is 2.06. The van der Waals surface area contributed by atoms with Gasteiger partial charge in [-0.3, -0.25) is 4.98 Å². The van der Waals surface area contributed by atoms with E-state index in [1.807, 2.05) is 18.2 Å². The molecule has 23 heavy (non-hydrogen) atoms. The van der Waals surface area contributed by atoms with E-state index >= 15 is 0 Å². The average Bonchev–Trinajstić information content (AvgIpc) is 3.40. The van der Waals surface area contributed by atoms with Crippen LogP contribution in [0.15, 0.2) is 42.6 Å². The first kappa shape index (κ1) is 15.9. The number of aromatic nitrogens is 1. The molecule has 0 bridgehead atoms. The molecule has 0 atom stereocenters. The van der Waals surface area contributed by atoms with Crippen LogP contribution in [-0.2, 0) is 12.5 Å². The minimum absolute atomic E-state index is 0.208. The van der Waals surface area contributed by atoms with E-state index in [9.17, 15) is 8.78 Å². The van der Waals surface area contributed by atoms with Crippen molar-refractivity contribution in [2.24, 2.45) is 0 Å². The Kier molecular flexibility index (Phi) is 4.57. The molecule has 0 unspecified atom stereocenters. The van der Waals surface area contributed by atoms with Crippen LogP contribution in [0.3, 0.4) is 0 Å². The highest BCUT2D eigenvalue weighted by Gasteiger charge is 2.32. The van der Waals surface area contributed by atoms with Crippen molar-refractivity contribution in [1.29, 1.82) is 0 Å². The van der Waals surface area contributed by atoms with Crippen molar-refractivity contribution in [2.45, 2.75) is 31.2 Å². The summed E-state index contributed by atoms with van der Waals surface area (Å²) in [6.45, 7) is -0.0449. The number of alkyl halides is 2. The van der Waals surface area contributed by atoms with E-state index < -0.39 is 12.5 Å². The third kappa shape index (κ3) is 3.85. The van der Waals surface area contributed by atoms with Crippen LogP contribution in [0, 0.1) is 0 Å². The van der Waals surface area contributed by atoms with Gasteiger partial charge in [0.1, 0.15) is 11.4 Å². The van der Waals surface area contributed by atoms with E-state index in [0.717, 1.165) is 11.3 Å². The predicted molar refractivity (Wildman–Crippen MR) is 84.8 cm³/mol. The number of hydrogen-bond donors (Lipinski definition) is 1. The molecule has 0 aliphatic heterocycles. The van der Waals surface area contributed by atoms with Crippen LogP contribution in [0.5, 0.6) is 5.75 Å². The number of nitrogens with one attached hydrogen (secondary N) is 1. The number of halogens is 2. The molecule has 0 radical (unpaired) electrons. The second kappa shape index (κ2) is 6.62. The second-order valence-corrected chi connectivity index (χ2v) is 5.86. The quantitative estimate of drug-likeness (QED) is 0.842. The van der Waals surface area contributed by atoms with Crippen LogP contribution in [0.4, 0.5) is 8.78 Å². The first-order chi connectivity index (χ1) is 11.1. The number of nitrogens with zero attached hydrogens (tertiary/aromatic N) is 1. The van der Waals surface area contributed by atoms with Crippen molar-refractivity contribution in [2.75, 3.05) is 13.7 Å². The molecule has 3 rings (SSSR count). The van der Waals surface area contributed by atoms with Crippen molar-refractivity contribution in [3.63, 3.8) is 0 Å². The smallest absolute Gasteiger partial charge is 0.301 e. The minimum Gasteiger partial charge on any atom is -0.497 e. The van der Waals surface area contributed by atoms with Crippen LogP contribution in [0.2, 0.25) is 0 Å². The zero-order chi connectivity index (χ0) is 16.3. The third-order valence-corrected chi connectivity index (χ3v) is 4.07. The van der Waals surface area contributed by atoms with Gasteiger partial charge in [0.25, 0.3) is 0 Å². The maximum Gasteiger partial charge on any atom is 0.301 e. The molecule has 1 aliphatic rings. The Hall–Kier alpha value is -2.01. The van der Waals surface area contributed by atoms with Crippen molar-refractivity contribution in [3.05, 3.63) is 59.4 Å². The molecule has 3 nitrogen and oxygen atoms in total. The Morgan fingerprint density at radius 3 is 2.74 bits per heavy atom. The fourth-order valence-corrected chi connectivity index (χ4v) is 2.68. The molecule has 1 N–H and O–H groups in total. The summed E-state index contributed by atoms with van der Waals surface area (Å²) in [6.07, 6.45) is 3.73. The van der Waals surface area contributed by atoms with Crippen LogP contribution < -0.4 is 10.1 Å². The molecule has 2 aromatic rings. The third-order valence-electron chi connectivity index (χ3n) is 4.07. The van der Waals surface area contributed by atoms with Gasteiger partial charge in [-0.05, 0) is 54.2 Å². The lowest BCUT2D eigenvalue weighted by atomic mass is 10.0. The van der Waals surface area contributed by atoms with Crippen LogP contribution in [0.1, 0.15) is 35.6 Å². The van der Waals surface area contributed by atoms with Gasteiger partial charge in [0, 0.05) is 12.7 Å². The van der Waals surface area contributed by atoms with E-state index in [2.05, 4.69) is 10.3 Å².